The van der Waals surface area contributed by atoms with Crippen LogP contribution in [0.5, 0.6) is 0 Å². The smallest absolute Gasteiger partial charge is 0.164 e. The van der Waals surface area contributed by atoms with Gasteiger partial charge >= 0.3 is 0 Å². The van der Waals surface area contributed by atoms with E-state index >= 15 is 0 Å². The van der Waals surface area contributed by atoms with E-state index in [1.807, 2.05) is 84.1 Å². The fraction of sp³-hybridized carbons (Fsp3) is 0. The third kappa shape index (κ3) is 4.71. The van der Waals surface area contributed by atoms with Crippen LogP contribution in [0.4, 0.5) is 0 Å². The predicted octanol–water partition coefficient (Wildman–Crippen LogP) is 12.5. The summed E-state index contributed by atoms with van der Waals surface area (Å²) in [5.74, 6) is 1.87. The highest BCUT2D eigenvalue weighted by Gasteiger charge is 2.22. The first-order chi connectivity index (χ1) is 24.8. The van der Waals surface area contributed by atoms with Crippen LogP contribution in [0.3, 0.4) is 0 Å². The second-order valence-electron chi connectivity index (χ2n) is 12.4. The van der Waals surface area contributed by atoms with Crippen molar-refractivity contribution in [3.8, 4) is 56.4 Å². The molecule has 0 aliphatic carbocycles. The molecule has 0 atom stereocenters. The second-order valence-corrected chi connectivity index (χ2v) is 13.4. The molecular formula is C45H27N3OS. The Morgan fingerprint density at radius 3 is 1.74 bits per heavy atom. The zero-order valence-electron chi connectivity index (χ0n) is 26.7. The quantitative estimate of drug-likeness (QED) is 0.185. The van der Waals surface area contributed by atoms with Crippen LogP contribution < -0.4 is 0 Å². The molecule has 7 aromatic carbocycles. The van der Waals surface area contributed by atoms with Crippen molar-refractivity contribution in [2.24, 2.45) is 0 Å². The molecule has 0 saturated carbocycles. The van der Waals surface area contributed by atoms with E-state index in [1.165, 1.54) is 25.7 Å². The Bertz CT molecular complexity index is 2820. The minimum atomic E-state index is 0.614. The van der Waals surface area contributed by atoms with Gasteiger partial charge in [-0.25, -0.2) is 15.0 Å². The van der Waals surface area contributed by atoms with Gasteiger partial charge in [0.15, 0.2) is 17.5 Å². The first kappa shape index (κ1) is 28.6. The summed E-state index contributed by atoms with van der Waals surface area (Å²) in [5.41, 5.74) is 8.87. The number of hydrogen-bond acceptors (Lipinski definition) is 5. The van der Waals surface area contributed by atoms with Gasteiger partial charge < -0.3 is 4.42 Å². The number of hydrogen-bond donors (Lipinski definition) is 0. The first-order valence-corrected chi connectivity index (χ1v) is 17.4. The lowest BCUT2D eigenvalue weighted by atomic mass is 9.89. The molecule has 0 bridgehead atoms. The molecule has 4 nitrogen and oxygen atoms in total. The Morgan fingerprint density at radius 1 is 0.380 bits per heavy atom. The van der Waals surface area contributed by atoms with Crippen molar-refractivity contribution < 1.29 is 4.42 Å². The summed E-state index contributed by atoms with van der Waals surface area (Å²) in [6, 6.07) is 56.8. The Labute approximate surface area is 292 Å². The molecule has 234 valence electrons. The number of nitrogens with zero attached hydrogens (tertiary/aromatic N) is 3. The minimum Gasteiger partial charge on any atom is -0.456 e. The molecule has 10 aromatic rings. The van der Waals surface area contributed by atoms with E-state index in [4.69, 9.17) is 19.4 Å². The maximum atomic E-state index is 6.43. The van der Waals surface area contributed by atoms with Crippen LogP contribution in [0, 0.1) is 0 Å². The zero-order valence-corrected chi connectivity index (χ0v) is 27.6. The maximum absolute atomic E-state index is 6.43. The molecule has 0 fully saturated rings. The normalized spacial score (nSPS) is 11.6. The number of benzene rings is 7. The average molecular weight is 658 g/mol. The van der Waals surface area contributed by atoms with Gasteiger partial charge in [-0.3, -0.25) is 0 Å². The van der Waals surface area contributed by atoms with Crippen LogP contribution in [0.25, 0.3) is 98.5 Å². The molecule has 50 heavy (non-hydrogen) atoms. The summed E-state index contributed by atoms with van der Waals surface area (Å²) in [7, 11) is 0. The van der Waals surface area contributed by atoms with Gasteiger partial charge in [0, 0.05) is 58.8 Å². The van der Waals surface area contributed by atoms with Gasteiger partial charge in [-0.1, -0.05) is 140 Å². The van der Waals surface area contributed by atoms with Crippen LogP contribution in [0.1, 0.15) is 0 Å². The fourth-order valence-electron chi connectivity index (χ4n) is 7.04. The minimum absolute atomic E-state index is 0.614. The molecule has 0 spiro atoms. The van der Waals surface area contributed by atoms with E-state index in [-0.39, 0.29) is 0 Å². The number of para-hydroxylation sites is 1. The third-order valence-corrected chi connectivity index (χ3v) is 10.6. The Kier molecular flexibility index (Phi) is 6.64. The molecule has 0 aliphatic heterocycles. The number of furan rings is 1. The lowest BCUT2D eigenvalue weighted by molar-refractivity contribution is 0.669. The van der Waals surface area contributed by atoms with Gasteiger partial charge in [0.1, 0.15) is 11.2 Å². The summed E-state index contributed by atoms with van der Waals surface area (Å²) in [6.45, 7) is 0. The summed E-state index contributed by atoms with van der Waals surface area (Å²) in [6.07, 6.45) is 0. The van der Waals surface area contributed by atoms with Crippen molar-refractivity contribution in [3.05, 3.63) is 164 Å². The Morgan fingerprint density at radius 2 is 0.960 bits per heavy atom. The van der Waals surface area contributed by atoms with E-state index in [0.29, 0.717) is 17.5 Å². The molecule has 0 saturated heterocycles. The van der Waals surface area contributed by atoms with E-state index in [2.05, 4.69) is 91.0 Å². The average Bonchev–Trinajstić information content (AvgIpc) is 3.76. The maximum Gasteiger partial charge on any atom is 0.164 e. The zero-order chi connectivity index (χ0) is 33.0. The second kappa shape index (κ2) is 11.6. The van der Waals surface area contributed by atoms with Crippen LogP contribution in [-0.2, 0) is 0 Å². The van der Waals surface area contributed by atoms with E-state index in [1.54, 1.807) is 0 Å². The van der Waals surface area contributed by atoms with Gasteiger partial charge in [-0.05, 0) is 35.4 Å². The van der Waals surface area contributed by atoms with Gasteiger partial charge in [0.2, 0.25) is 0 Å². The van der Waals surface area contributed by atoms with Crippen molar-refractivity contribution in [2.75, 3.05) is 0 Å². The predicted molar refractivity (Wildman–Crippen MR) is 207 cm³/mol. The Balaban J connectivity index is 1.28. The summed E-state index contributed by atoms with van der Waals surface area (Å²) < 4.78 is 8.95. The Hall–Kier alpha value is -6.43. The molecular weight excluding hydrogens is 631 g/mol. The van der Waals surface area contributed by atoms with E-state index < -0.39 is 0 Å². The number of rotatable bonds is 5. The van der Waals surface area contributed by atoms with E-state index in [9.17, 15) is 0 Å². The first-order valence-electron chi connectivity index (χ1n) is 16.6. The highest BCUT2D eigenvalue weighted by atomic mass is 32.1. The van der Waals surface area contributed by atoms with Crippen LogP contribution in [-0.4, -0.2) is 15.0 Å². The molecule has 0 N–H and O–H groups in total. The molecule has 3 heterocycles. The lowest BCUT2D eigenvalue weighted by Crippen LogP contribution is -2.01. The molecule has 0 radical (unpaired) electrons. The number of thiophene rings is 1. The van der Waals surface area contributed by atoms with Gasteiger partial charge in [-0.2, -0.15) is 0 Å². The molecule has 0 amide bonds. The highest BCUT2D eigenvalue weighted by Crippen LogP contribution is 2.46. The summed E-state index contributed by atoms with van der Waals surface area (Å²) in [5, 5.41) is 4.72. The molecule has 10 rings (SSSR count). The van der Waals surface area contributed by atoms with Crippen LogP contribution in [0.15, 0.2) is 168 Å². The molecule has 3 aromatic heterocycles. The lowest BCUT2D eigenvalue weighted by Gasteiger charge is -2.17. The van der Waals surface area contributed by atoms with Crippen molar-refractivity contribution in [1.29, 1.82) is 0 Å². The third-order valence-electron chi connectivity index (χ3n) is 9.37. The number of fused-ring (bicyclic) bond motifs is 6. The molecule has 0 aliphatic rings. The monoisotopic (exact) mass is 657 g/mol. The summed E-state index contributed by atoms with van der Waals surface area (Å²) in [4.78, 5) is 15.3. The SMILES string of the molecule is c1ccc(-c2nc(-c3ccccc3)nc(-c3cccc(-c4cccc5c4sc4ccccc45)c3-c3ccc4c(c3)oc3ccccc34)n2)cc1. The largest absolute Gasteiger partial charge is 0.456 e. The molecule has 5 heteroatoms. The van der Waals surface area contributed by atoms with Crippen molar-refractivity contribution >= 4 is 53.4 Å². The van der Waals surface area contributed by atoms with Crippen molar-refractivity contribution in [1.82, 2.24) is 15.0 Å². The topological polar surface area (TPSA) is 51.8 Å². The summed E-state index contributed by atoms with van der Waals surface area (Å²) >= 11 is 1.83. The van der Waals surface area contributed by atoms with Crippen molar-refractivity contribution in [2.45, 2.75) is 0 Å². The van der Waals surface area contributed by atoms with Gasteiger partial charge in [0.05, 0.1) is 0 Å². The standard InChI is InChI=1S/C45H27N3OS/c1-3-13-28(14-4-1)43-46-44(29-15-5-2-6-16-29)48-45(47-43)37-22-11-19-34(36-21-12-20-35-33-18-8-10-24-40(33)50-42(35)36)41(37)30-25-26-32-31-17-7-9-23-38(31)49-39(32)27-30/h1-27H. The van der Waals surface area contributed by atoms with Crippen molar-refractivity contribution in [3.63, 3.8) is 0 Å². The van der Waals surface area contributed by atoms with Gasteiger partial charge in [-0.15, -0.1) is 11.3 Å². The fourth-order valence-corrected chi connectivity index (χ4v) is 8.27. The number of aromatic nitrogens is 3. The molecule has 0 unspecified atom stereocenters. The highest BCUT2D eigenvalue weighted by molar-refractivity contribution is 7.26. The van der Waals surface area contributed by atoms with E-state index in [0.717, 1.165) is 55.3 Å². The van der Waals surface area contributed by atoms with Crippen LogP contribution in [0.2, 0.25) is 0 Å². The van der Waals surface area contributed by atoms with Gasteiger partial charge in [0.25, 0.3) is 0 Å². The van der Waals surface area contributed by atoms with Crippen LogP contribution >= 0.6 is 11.3 Å².